The van der Waals surface area contributed by atoms with Crippen molar-refractivity contribution in [3.63, 3.8) is 0 Å². The van der Waals surface area contributed by atoms with Crippen molar-refractivity contribution < 1.29 is 4.74 Å². The Morgan fingerprint density at radius 2 is 2.06 bits per heavy atom. The zero-order chi connectivity index (χ0) is 11.8. The van der Waals surface area contributed by atoms with Gasteiger partial charge >= 0.3 is 0 Å². The summed E-state index contributed by atoms with van der Waals surface area (Å²) in [5.41, 5.74) is 6.90. The van der Waals surface area contributed by atoms with Crippen LogP contribution in [0.15, 0.2) is 6.20 Å². The number of nitrogens with zero attached hydrogens (tertiary/aromatic N) is 2. The van der Waals surface area contributed by atoms with E-state index in [1.807, 2.05) is 7.05 Å². The van der Waals surface area contributed by atoms with Gasteiger partial charge in [0.05, 0.1) is 6.20 Å². The number of nitrogen functional groups attached to an aromatic ring is 1. The molecule has 0 bridgehead atoms. The summed E-state index contributed by atoms with van der Waals surface area (Å²) in [5, 5.41) is 4.21. The molecule has 4 heteroatoms. The molecule has 1 aromatic heterocycles. The molecule has 0 radical (unpaired) electrons. The van der Waals surface area contributed by atoms with Crippen LogP contribution in [-0.2, 0) is 7.05 Å². The largest absolute Gasteiger partial charge is 0.472 e. The Labute approximate surface area is 96.8 Å². The van der Waals surface area contributed by atoms with E-state index in [4.69, 9.17) is 10.5 Å². The Bertz CT molecular complexity index is 360. The van der Waals surface area contributed by atoms with Gasteiger partial charge in [0.15, 0.2) is 0 Å². The van der Waals surface area contributed by atoms with Crippen LogP contribution in [-0.4, -0.2) is 15.9 Å². The van der Waals surface area contributed by atoms with Gasteiger partial charge in [-0.1, -0.05) is 13.8 Å². The summed E-state index contributed by atoms with van der Waals surface area (Å²) < 4.78 is 7.54. The number of aryl methyl sites for hydroxylation is 1. The van der Waals surface area contributed by atoms with E-state index in [1.165, 1.54) is 12.8 Å². The van der Waals surface area contributed by atoms with Crippen LogP contribution in [0.5, 0.6) is 5.88 Å². The quantitative estimate of drug-likeness (QED) is 0.837. The van der Waals surface area contributed by atoms with E-state index in [1.54, 1.807) is 10.9 Å². The number of ether oxygens (including phenoxy) is 1. The second kappa shape index (κ2) is 4.00. The maximum absolute atomic E-state index is 5.84. The van der Waals surface area contributed by atoms with Crippen molar-refractivity contribution in [3.05, 3.63) is 6.20 Å². The molecule has 1 heterocycles. The molecule has 0 atom stereocenters. The highest BCUT2D eigenvalue weighted by molar-refractivity contribution is 5.45. The van der Waals surface area contributed by atoms with Crippen LogP contribution in [0.4, 0.5) is 5.69 Å². The summed E-state index contributed by atoms with van der Waals surface area (Å²) in [6.07, 6.45) is 6.69. The van der Waals surface area contributed by atoms with Crippen molar-refractivity contribution in [1.82, 2.24) is 9.78 Å². The number of rotatable bonds is 2. The molecule has 1 aromatic rings. The van der Waals surface area contributed by atoms with Gasteiger partial charge < -0.3 is 10.5 Å². The van der Waals surface area contributed by atoms with Gasteiger partial charge in [-0.25, -0.2) is 0 Å². The van der Waals surface area contributed by atoms with E-state index in [2.05, 4.69) is 18.9 Å². The van der Waals surface area contributed by atoms with Gasteiger partial charge in [0, 0.05) is 7.05 Å². The molecular weight excluding hydrogens is 202 g/mol. The van der Waals surface area contributed by atoms with Gasteiger partial charge in [-0.2, -0.15) is 0 Å². The Kier molecular flexibility index (Phi) is 2.82. The van der Waals surface area contributed by atoms with Gasteiger partial charge in [-0.3, -0.25) is 4.68 Å². The van der Waals surface area contributed by atoms with Gasteiger partial charge in [-0.05, 0) is 31.1 Å². The first kappa shape index (κ1) is 11.3. The predicted octanol–water partition coefficient (Wildman–Crippen LogP) is 2.35. The molecule has 16 heavy (non-hydrogen) atoms. The molecular formula is C12H21N3O. The molecule has 0 unspecified atom stereocenters. The van der Waals surface area contributed by atoms with Crippen LogP contribution in [0.25, 0.3) is 0 Å². The topological polar surface area (TPSA) is 53.1 Å². The van der Waals surface area contributed by atoms with Crippen molar-refractivity contribution >= 4 is 5.69 Å². The molecule has 2 N–H and O–H groups in total. The van der Waals surface area contributed by atoms with Crippen molar-refractivity contribution in [2.24, 2.45) is 12.5 Å². The molecule has 0 aliphatic heterocycles. The van der Waals surface area contributed by atoms with Crippen molar-refractivity contribution in [3.8, 4) is 5.88 Å². The zero-order valence-electron chi connectivity index (χ0n) is 10.4. The fourth-order valence-electron chi connectivity index (χ4n) is 2.23. The monoisotopic (exact) mass is 223 g/mol. The predicted molar refractivity (Wildman–Crippen MR) is 64.3 cm³/mol. The SMILES string of the molecule is Cn1cc(N)c(OC2CCC(C)(C)CC2)n1. The van der Waals surface area contributed by atoms with Gasteiger partial charge in [-0.15, -0.1) is 5.10 Å². The third-order valence-electron chi connectivity index (χ3n) is 3.39. The van der Waals surface area contributed by atoms with E-state index >= 15 is 0 Å². The first-order chi connectivity index (χ1) is 7.46. The van der Waals surface area contributed by atoms with Crippen molar-refractivity contribution in [1.29, 1.82) is 0 Å². The van der Waals surface area contributed by atoms with Crippen LogP contribution in [0.2, 0.25) is 0 Å². The average Bonchev–Trinajstić information content (AvgIpc) is 2.49. The lowest BCUT2D eigenvalue weighted by Crippen LogP contribution is -2.28. The maximum Gasteiger partial charge on any atom is 0.256 e. The number of anilines is 1. The minimum atomic E-state index is 0.283. The summed E-state index contributed by atoms with van der Waals surface area (Å²) in [4.78, 5) is 0. The third-order valence-corrected chi connectivity index (χ3v) is 3.39. The van der Waals surface area contributed by atoms with E-state index in [-0.39, 0.29) is 6.10 Å². The maximum atomic E-state index is 5.84. The summed E-state index contributed by atoms with van der Waals surface area (Å²) in [5.74, 6) is 0.590. The first-order valence-electron chi connectivity index (χ1n) is 5.92. The lowest BCUT2D eigenvalue weighted by atomic mass is 9.76. The second-order valence-electron chi connectivity index (χ2n) is 5.54. The number of aromatic nitrogens is 2. The fourth-order valence-corrected chi connectivity index (χ4v) is 2.23. The van der Waals surface area contributed by atoms with Gasteiger partial charge in [0.1, 0.15) is 11.8 Å². The molecule has 1 aliphatic rings. The van der Waals surface area contributed by atoms with E-state index in [0.717, 1.165) is 12.8 Å². The van der Waals surface area contributed by atoms with E-state index < -0.39 is 0 Å². The highest BCUT2D eigenvalue weighted by Gasteiger charge is 2.28. The lowest BCUT2D eigenvalue weighted by molar-refractivity contribution is 0.0949. The van der Waals surface area contributed by atoms with Crippen molar-refractivity contribution in [2.75, 3.05) is 5.73 Å². The summed E-state index contributed by atoms with van der Waals surface area (Å²) >= 11 is 0. The molecule has 1 saturated carbocycles. The first-order valence-corrected chi connectivity index (χ1v) is 5.92. The molecule has 1 fully saturated rings. The zero-order valence-corrected chi connectivity index (χ0v) is 10.4. The van der Waals surface area contributed by atoms with Crippen LogP contribution in [0, 0.1) is 5.41 Å². The summed E-state index contributed by atoms with van der Waals surface area (Å²) in [6, 6.07) is 0. The van der Waals surface area contributed by atoms with Crippen LogP contribution >= 0.6 is 0 Å². The standard InChI is InChI=1S/C12H21N3O/c1-12(2)6-4-9(5-7-12)16-11-10(13)8-15(3)14-11/h8-9H,4-7,13H2,1-3H3. The van der Waals surface area contributed by atoms with Crippen molar-refractivity contribution in [2.45, 2.75) is 45.6 Å². The molecule has 0 aromatic carbocycles. The Hall–Kier alpha value is -1.19. The van der Waals surface area contributed by atoms with Crippen LogP contribution in [0.3, 0.4) is 0 Å². The van der Waals surface area contributed by atoms with E-state index in [0.29, 0.717) is 17.0 Å². The number of hydrogen-bond acceptors (Lipinski definition) is 3. The minimum absolute atomic E-state index is 0.283. The molecule has 1 aliphatic carbocycles. The highest BCUT2D eigenvalue weighted by atomic mass is 16.5. The van der Waals surface area contributed by atoms with Gasteiger partial charge in [0.2, 0.25) is 0 Å². The lowest BCUT2D eigenvalue weighted by Gasteiger charge is -2.33. The van der Waals surface area contributed by atoms with Crippen LogP contribution in [0.1, 0.15) is 39.5 Å². The van der Waals surface area contributed by atoms with Crippen LogP contribution < -0.4 is 10.5 Å². The fraction of sp³-hybridized carbons (Fsp3) is 0.750. The molecule has 2 rings (SSSR count). The summed E-state index contributed by atoms with van der Waals surface area (Å²) in [7, 11) is 1.85. The normalized spacial score (nSPS) is 20.9. The Morgan fingerprint density at radius 3 is 2.56 bits per heavy atom. The Balaban J connectivity index is 1.94. The molecule has 0 amide bonds. The minimum Gasteiger partial charge on any atom is -0.472 e. The molecule has 0 spiro atoms. The molecule has 0 saturated heterocycles. The van der Waals surface area contributed by atoms with Gasteiger partial charge in [0.25, 0.3) is 5.88 Å². The second-order valence-corrected chi connectivity index (χ2v) is 5.54. The molecule has 90 valence electrons. The summed E-state index contributed by atoms with van der Waals surface area (Å²) in [6.45, 7) is 4.64. The molecule has 4 nitrogen and oxygen atoms in total. The van der Waals surface area contributed by atoms with E-state index in [9.17, 15) is 0 Å². The smallest absolute Gasteiger partial charge is 0.256 e. The highest BCUT2D eigenvalue weighted by Crippen LogP contribution is 2.36. The Morgan fingerprint density at radius 1 is 1.44 bits per heavy atom. The number of hydrogen-bond donors (Lipinski definition) is 1. The third kappa shape index (κ3) is 2.49. The average molecular weight is 223 g/mol. The number of nitrogens with two attached hydrogens (primary N) is 1.